The highest BCUT2D eigenvalue weighted by Gasteiger charge is 2.38. The molecule has 1 atom stereocenters. The summed E-state index contributed by atoms with van der Waals surface area (Å²) >= 11 is 3.08. The Morgan fingerprint density at radius 1 is 1.38 bits per heavy atom. The van der Waals surface area contributed by atoms with E-state index in [0.29, 0.717) is 23.0 Å². The van der Waals surface area contributed by atoms with Crippen LogP contribution in [-0.2, 0) is 4.79 Å². The molecule has 1 unspecified atom stereocenters. The van der Waals surface area contributed by atoms with Gasteiger partial charge in [-0.1, -0.05) is 24.8 Å². The number of ketones is 1. The molecule has 5 nitrogen and oxygen atoms in total. The van der Waals surface area contributed by atoms with Crippen LogP contribution in [0.15, 0.2) is 38.7 Å². The number of fused-ring (bicyclic) bond motifs is 1. The van der Waals surface area contributed by atoms with Gasteiger partial charge in [-0.3, -0.25) is 9.59 Å². The number of carbonyl (C=O) groups is 1. The molecule has 2 N–H and O–H groups in total. The maximum absolute atomic E-state index is 12.8. The number of aromatic amines is 1. The summed E-state index contributed by atoms with van der Waals surface area (Å²) in [5.74, 6) is 1.27. The summed E-state index contributed by atoms with van der Waals surface area (Å²) in [7, 11) is 0. The second-order valence-corrected chi connectivity index (χ2v) is 8.04. The van der Waals surface area contributed by atoms with Gasteiger partial charge in [-0.15, -0.1) is 11.3 Å². The Balaban J connectivity index is 1.94. The third-order valence-electron chi connectivity index (χ3n) is 4.35. The number of hydrogen-bond acceptors (Lipinski definition) is 6. The van der Waals surface area contributed by atoms with Gasteiger partial charge >= 0.3 is 0 Å². The minimum atomic E-state index is -0.305. The van der Waals surface area contributed by atoms with Crippen molar-refractivity contribution in [2.75, 3.05) is 11.1 Å². The van der Waals surface area contributed by atoms with Crippen LogP contribution in [0.1, 0.15) is 42.5 Å². The van der Waals surface area contributed by atoms with E-state index >= 15 is 0 Å². The van der Waals surface area contributed by atoms with Gasteiger partial charge in [-0.2, -0.15) is 0 Å². The highest BCUT2D eigenvalue weighted by Crippen LogP contribution is 2.44. The largest absolute Gasteiger partial charge is 0.343 e. The van der Waals surface area contributed by atoms with Crippen molar-refractivity contribution in [1.82, 2.24) is 9.97 Å². The molecule has 0 radical (unpaired) electrons. The van der Waals surface area contributed by atoms with Crippen LogP contribution in [0.3, 0.4) is 0 Å². The van der Waals surface area contributed by atoms with Crippen LogP contribution >= 0.6 is 23.1 Å². The van der Waals surface area contributed by atoms with Crippen molar-refractivity contribution in [3.63, 3.8) is 0 Å². The second-order valence-electron chi connectivity index (χ2n) is 5.81. The quantitative estimate of drug-likeness (QED) is 0.648. The average molecular weight is 359 g/mol. The smallest absolute Gasteiger partial charge is 0.257 e. The number of Topliss-reactive ketones (excluding diaryl/α,β-unsaturated/α-hetero) is 1. The number of rotatable bonds is 3. The number of nitrogens with zero attached hydrogens (tertiary/aromatic N) is 1. The number of hydrogen-bond donors (Lipinski definition) is 2. The van der Waals surface area contributed by atoms with Gasteiger partial charge in [0.2, 0.25) is 0 Å². The molecule has 0 bridgehead atoms. The molecule has 0 saturated carbocycles. The Morgan fingerprint density at radius 3 is 3.00 bits per heavy atom. The molecular weight excluding hydrogens is 342 g/mol. The lowest BCUT2D eigenvalue weighted by atomic mass is 9.79. The van der Waals surface area contributed by atoms with Crippen molar-refractivity contribution in [2.24, 2.45) is 0 Å². The fourth-order valence-electron chi connectivity index (χ4n) is 3.39. The van der Waals surface area contributed by atoms with Gasteiger partial charge in [-0.25, -0.2) is 4.98 Å². The summed E-state index contributed by atoms with van der Waals surface area (Å²) in [6.45, 7) is 2.02. The fourth-order valence-corrected chi connectivity index (χ4v) is 4.82. The monoisotopic (exact) mass is 359 g/mol. The first-order chi connectivity index (χ1) is 11.7. The van der Waals surface area contributed by atoms with Crippen molar-refractivity contribution in [3.8, 4) is 0 Å². The Labute approximate surface area is 147 Å². The number of allylic oxidation sites excluding steroid dienone is 2. The van der Waals surface area contributed by atoms with Crippen LogP contribution < -0.4 is 10.9 Å². The third-order valence-corrected chi connectivity index (χ3v) is 6.04. The number of thiophene rings is 1. The van der Waals surface area contributed by atoms with E-state index in [-0.39, 0.29) is 17.3 Å². The summed E-state index contributed by atoms with van der Waals surface area (Å²) in [6.07, 6.45) is 2.22. The summed E-state index contributed by atoms with van der Waals surface area (Å²) in [4.78, 5) is 33.8. The molecule has 0 fully saturated rings. The number of H-pyrrole nitrogens is 1. The maximum Gasteiger partial charge on any atom is 0.257 e. The van der Waals surface area contributed by atoms with Gasteiger partial charge in [0.25, 0.3) is 5.56 Å². The van der Waals surface area contributed by atoms with Gasteiger partial charge < -0.3 is 10.3 Å². The zero-order valence-corrected chi connectivity index (χ0v) is 14.9. The highest BCUT2D eigenvalue weighted by molar-refractivity contribution is 7.99. The zero-order chi connectivity index (χ0) is 16.7. The average Bonchev–Trinajstić information content (AvgIpc) is 3.07. The predicted molar refractivity (Wildman–Crippen MR) is 96.9 cm³/mol. The van der Waals surface area contributed by atoms with E-state index in [0.717, 1.165) is 34.7 Å². The maximum atomic E-state index is 12.8. The van der Waals surface area contributed by atoms with E-state index in [1.54, 1.807) is 11.3 Å². The summed E-state index contributed by atoms with van der Waals surface area (Å²) in [5.41, 5.74) is 2.08. The number of aromatic nitrogens is 2. The highest BCUT2D eigenvalue weighted by atomic mass is 32.2. The standard InChI is InChI=1S/C17H17N3O2S2/c1-2-23-17-19-15-14(16(22)20-17)13(11-7-4-8-24-11)12-9(18-15)5-3-6-10(12)21/h4,7-8,13H,2-3,5-6H2,1H3,(H2,18,19,20,22). The Hall–Kier alpha value is -1.86. The van der Waals surface area contributed by atoms with E-state index in [9.17, 15) is 9.59 Å². The Bertz CT molecular complexity index is 884. The molecule has 0 saturated heterocycles. The number of nitrogens with one attached hydrogen (secondary N) is 2. The summed E-state index contributed by atoms with van der Waals surface area (Å²) in [5, 5.41) is 5.88. The molecule has 124 valence electrons. The van der Waals surface area contributed by atoms with E-state index in [1.165, 1.54) is 11.8 Å². The first-order valence-corrected chi connectivity index (χ1v) is 9.89. The molecule has 2 aliphatic rings. The van der Waals surface area contributed by atoms with Crippen LogP contribution in [0.5, 0.6) is 0 Å². The van der Waals surface area contributed by atoms with Gasteiger partial charge in [0.05, 0.1) is 11.5 Å². The minimum Gasteiger partial charge on any atom is -0.343 e. The lowest BCUT2D eigenvalue weighted by Crippen LogP contribution is -2.32. The zero-order valence-electron chi connectivity index (χ0n) is 13.2. The van der Waals surface area contributed by atoms with Crippen molar-refractivity contribution >= 4 is 34.7 Å². The molecule has 2 aromatic rings. The van der Waals surface area contributed by atoms with Crippen molar-refractivity contribution in [1.29, 1.82) is 0 Å². The van der Waals surface area contributed by atoms with Gasteiger partial charge in [0.15, 0.2) is 10.9 Å². The molecule has 1 aliphatic carbocycles. The van der Waals surface area contributed by atoms with E-state index in [4.69, 9.17) is 0 Å². The van der Waals surface area contributed by atoms with Crippen LogP contribution in [0, 0.1) is 0 Å². The first kappa shape index (κ1) is 15.7. The molecule has 0 spiro atoms. The third kappa shape index (κ3) is 2.52. The molecule has 4 rings (SSSR count). The van der Waals surface area contributed by atoms with Gasteiger partial charge in [0, 0.05) is 22.6 Å². The molecule has 2 aromatic heterocycles. The Kier molecular flexibility index (Phi) is 4.05. The van der Waals surface area contributed by atoms with E-state index < -0.39 is 0 Å². The molecule has 1 aliphatic heterocycles. The lowest BCUT2D eigenvalue weighted by molar-refractivity contribution is -0.116. The van der Waals surface area contributed by atoms with Crippen LogP contribution in [0.25, 0.3) is 0 Å². The molecule has 0 amide bonds. The van der Waals surface area contributed by atoms with E-state index in [2.05, 4.69) is 15.3 Å². The minimum absolute atomic E-state index is 0.138. The van der Waals surface area contributed by atoms with Gasteiger partial charge in [0.1, 0.15) is 5.82 Å². The van der Waals surface area contributed by atoms with Crippen molar-refractivity contribution in [2.45, 2.75) is 37.3 Å². The predicted octanol–water partition coefficient (Wildman–Crippen LogP) is 3.51. The van der Waals surface area contributed by atoms with Crippen LogP contribution in [-0.4, -0.2) is 21.5 Å². The number of carbonyl (C=O) groups excluding carboxylic acids is 1. The fraction of sp³-hybridized carbons (Fsp3) is 0.353. The van der Waals surface area contributed by atoms with Crippen molar-refractivity contribution < 1.29 is 4.79 Å². The normalized spacial score (nSPS) is 19.7. The second kappa shape index (κ2) is 6.22. The van der Waals surface area contributed by atoms with Crippen LogP contribution in [0.4, 0.5) is 5.82 Å². The number of anilines is 1. The van der Waals surface area contributed by atoms with E-state index in [1.807, 2.05) is 24.4 Å². The molecule has 0 aromatic carbocycles. The summed E-state index contributed by atoms with van der Waals surface area (Å²) < 4.78 is 0. The van der Waals surface area contributed by atoms with Crippen LogP contribution in [0.2, 0.25) is 0 Å². The molecular formula is C17H17N3O2S2. The Morgan fingerprint density at radius 2 is 2.25 bits per heavy atom. The topological polar surface area (TPSA) is 74.8 Å². The molecule has 24 heavy (non-hydrogen) atoms. The molecule has 7 heteroatoms. The summed E-state index contributed by atoms with van der Waals surface area (Å²) in [6, 6.07) is 3.95. The first-order valence-electron chi connectivity index (χ1n) is 8.02. The van der Waals surface area contributed by atoms with Crippen molar-refractivity contribution in [3.05, 3.63) is 49.6 Å². The SMILES string of the molecule is CCSc1nc2c(c(=O)[nH]1)C(c1cccs1)C1=C(CCCC1=O)N2. The lowest BCUT2D eigenvalue weighted by Gasteiger charge is -2.32. The molecule has 3 heterocycles. The number of thioether (sulfide) groups is 1. The van der Waals surface area contributed by atoms with Gasteiger partial charge in [-0.05, 0) is 30.0 Å².